The van der Waals surface area contributed by atoms with Gasteiger partial charge in [0.15, 0.2) is 0 Å². The van der Waals surface area contributed by atoms with Gasteiger partial charge in [0.05, 0.1) is 5.56 Å². The Balaban J connectivity index is 2.30. The minimum atomic E-state index is -0.132. The molecule has 0 aliphatic heterocycles. The van der Waals surface area contributed by atoms with Gasteiger partial charge >= 0.3 is 0 Å². The van der Waals surface area contributed by atoms with Crippen LogP contribution in [0.3, 0.4) is 0 Å². The average Bonchev–Trinajstić information content (AvgIpc) is 2.39. The third-order valence-electron chi connectivity index (χ3n) is 2.70. The lowest BCUT2D eigenvalue weighted by atomic mass is 10.1. The molecule has 0 aliphatic carbocycles. The van der Waals surface area contributed by atoms with Gasteiger partial charge in [0.25, 0.3) is 0 Å². The first-order valence-electron chi connectivity index (χ1n) is 5.84. The van der Waals surface area contributed by atoms with Crippen molar-refractivity contribution in [3.63, 3.8) is 0 Å². The Bertz CT molecular complexity index is 632. The highest BCUT2D eigenvalue weighted by atomic mass is 35.5. The van der Waals surface area contributed by atoms with Crippen molar-refractivity contribution in [3.8, 4) is 17.6 Å². The van der Waals surface area contributed by atoms with Crippen LogP contribution in [0.2, 0.25) is 5.02 Å². The van der Waals surface area contributed by atoms with E-state index >= 15 is 0 Å². The molecule has 2 N–H and O–H groups in total. The summed E-state index contributed by atoms with van der Waals surface area (Å²) in [4.78, 5) is 0. The van der Waals surface area contributed by atoms with Crippen LogP contribution in [0.15, 0.2) is 42.5 Å². The highest BCUT2D eigenvalue weighted by molar-refractivity contribution is 6.31. The Morgan fingerprint density at radius 2 is 2.00 bits per heavy atom. The van der Waals surface area contributed by atoms with Gasteiger partial charge in [-0.2, -0.15) is 5.26 Å². The Labute approximate surface area is 117 Å². The lowest BCUT2D eigenvalue weighted by Crippen LogP contribution is -2.05. The van der Waals surface area contributed by atoms with Crippen LogP contribution in [-0.2, 0) is 0 Å². The molecule has 0 fully saturated rings. The fraction of sp³-hybridized carbons (Fsp3) is 0.133. The number of nitrogens with zero attached hydrogens (tertiary/aromatic N) is 1. The fourth-order valence-corrected chi connectivity index (χ4v) is 2.06. The van der Waals surface area contributed by atoms with E-state index < -0.39 is 0 Å². The second kappa shape index (κ2) is 5.75. The molecule has 3 nitrogen and oxygen atoms in total. The van der Waals surface area contributed by atoms with Crippen LogP contribution >= 0.6 is 11.6 Å². The van der Waals surface area contributed by atoms with Gasteiger partial charge in [-0.25, -0.2) is 0 Å². The van der Waals surface area contributed by atoms with Crippen molar-refractivity contribution in [2.45, 2.75) is 13.0 Å². The Morgan fingerprint density at radius 1 is 1.26 bits per heavy atom. The van der Waals surface area contributed by atoms with Crippen LogP contribution in [0.5, 0.6) is 11.5 Å². The van der Waals surface area contributed by atoms with Crippen LogP contribution in [0.1, 0.15) is 24.1 Å². The molecule has 0 saturated heterocycles. The van der Waals surface area contributed by atoms with E-state index in [0.717, 1.165) is 5.56 Å². The van der Waals surface area contributed by atoms with Crippen LogP contribution in [0, 0.1) is 11.3 Å². The van der Waals surface area contributed by atoms with Gasteiger partial charge in [-0.3, -0.25) is 0 Å². The zero-order chi connectivity index (χ0) is 13.8. The standard InChI is InChI=1S/C15H13ClN2O/c1-10(18)13-7-6-12(8-14(13)16)19-15-5-3-2-4-11(15)9-17/h2-8,10H,18H2,1H3. The summed E-state index contributed by atoms with van der Waals surface area (Å²) >= 11 is 6.14. The number of nitrogens with two attached hydrogens (primary N) is 1. The highest BCUT2D eigenvalue weighted by Crippen LogP contribution is 2.30. The molecule has 0 spiro atoms. The molecule has 0 heterocycles. The van der Waals surface area contributed by atoms with Gasteiger partial charge < -0.3 is 10.5 Å². The molecule has 2 rings (SSSR count). The van der Waals surface area contributed by atoms with E-state index in [9.17, 15) is 0 Å². The van der Waals surface area contributed by atoms with Gasteiger partial charge in [-0.05, 0) is 36.8 Å². The summed E-state index contributed by atoms with van der Waals surface area (Å²) in [6.07, 6.45) is 0. The molecule has 0 amide bonds. The number of benzene rings is 2. The first kappa shape index (κ1) is 13.4. The third kappa shape index (κ3) is 3.05. The predicted molar refractivity (Wildman–Crippen MR) is 75.3 cm³/mol. The lowest BCUT2D eigenvalue weighted by Gasteiger charge is -2.11. The van der Waals surface area contributed by atoms with Crippen LogP contribution in [-0.4, -0.2) is 0 Å². The smallest absolute Gasteiger partial charge is 0.145 e. The van der Waals surface area contributed by atoms with Crippen molar-refractivity contribution >= 4 is 11.6 Å². The van der Waals surface area contributed by atoms with Crippen molar-refractivity contribution in [1.29, 1.82) is 5.26 Å². The molecule has 0 saturated carbocycles. The summed E-state index contributed by atoms with van der Waals surface area (Å²) < 4.78 is 5.67. The first-order valence-corrected chi connectivity index (χ1v) is 6.21. The molecule has 1 atom stereocenters. The molecule has 0 aromatic heterocycles. The topological polar surface area (TPSA) is 59.0 Å². The van der Waals surface area contributed by atoms with E-state index in [1.165, 1.54) is 0 Å². The maximum atomic E-state index is 9.00. The molecule has 0 aliphatic rings. The summed E-state index contributed by atoms with van der Waals surface area (Å²) in [5, 5.41) is 9.55. The number of nitriles is 1. The van der Waals surface area contributed by atoms with E-state index in [1.54, 1.807) is 30.3 Å². The van der Waals surface area contributed by atoms with Gasteiger partial charge in [0, 0.05) is 11.1 Å². The zero-order valence-corrected chi connectivity index (χ0v) is 11.2. The van der Waals surface area contributed by atoms with Gasteiger partial charge in [-0.15, -0.1) is 0 Å². The molecule has 2 aromatic rings. The predicted octanol–water partition coefficient (Wildman–Crippen LogP) is 4.02. The van der Waals surface area contributed by atoms with Gasteiger partial charge in [0.2, 0.25) is 0 Å². The van der Waals surface area contributed by atoms with E-state index in [0.29, 0.717) is 22.1 Å². The van der Waals surface area contributed by atoms with Crippen molar-refractivity contribution < 1.29 is 4.74 Å². The second-order valence-corrected chi connectivity index (χ2v) is 4.59. The SMILES string of the molecule is CC(N)c1ccc(Oc2ccccc2C#N)cc1Cl. The molecule has 0 radical (unpaired) electrons. The number of ether oxygens (including phenoxy) is 1. The van der Waals surface area contributed by atoms with Crippen molar-refractivity contribution in [3.05, 3.63) is 58.6 Å². The number of halogens is 1. The maximum Gasteiger partial charge on any atom is 0.145 e. The zero-order valence-electron chi connectivity index (χ0n) is 10.4. The third-order valence-corrected chi connectivity index (χ3v) is 3.03. The normalized spacial score (nSPS) is 11.7. The molecule has 4 heteroatoms. The summed E-state index contributed by atoms with van der Waals surface area (Å²) in [7, 11) is 0. The van der Waals surface area contributed by atoms with Crippen molar-refractivity contribution in [2.24, 2.45) is 5.73 Å². The summed E-state index contributed by atoms with van der Waals surface area (Å²) in [6, 6.07) is 14.3. The number of hydrogen-bond acceptors (Lipinski definition) is 3. The van der Waals surface area contributed by atoms with E-state index in [4.69, 9.17) is 27.3 Å². The maximum absolute atomic E-state index is 9.00. The quantitative estimate of drug-likeness (QED) is 0.918. The molecule has 19 heavy (non-hydrogen) atoms. The summed E-state index contributed by atoms with van der Waals surface area (Å²) in [6.45, 7) is 1.87. The molecule has 96 valence electrons. The van der Waals surface area contributed by atoms with Gasteiger partial charge in [-0.1, -0.05) is 29.8 Å². The van der Waals surface area contributed by atoms with Crippen molar-refractivity contribution in [1.82, 2.24) is 0 Å². The Morgan fingerprint density at radius 3 is 2.63 bits per heavy atom. The largest absolute Gasteiger partial charge is 0.456 e. The van der Waals surface area contributed by atoms with E-state index in [2.05, 4.69) is 6.07 Å². The van der Waals surface area contributed by atoms with Gasteiger partial charge in [0.1, 0.15) is 17.6 Å². The Hall–Kier alpha value is -2.02. The number of hydrogen-bond donors (Lipinski definition) is 1. The first-order chi connectivity index (χ1) is 9.11. The van der Waals surface area contributed by atoms with Crippen LogP contribution < -0.4 is 10.5 Å². The molecule has 2 aromatic carbocycles. The summed E-state index contributed by atoms with van der Waals surface area (Å²) in [5.74, 6) is 1.09. The summed E-state index contributed by atoms with van der Waals surface area (Å²) in [5.41, 5.74) is 7.14. The average molecular weight is 273 g/mol. The molecular weight excluding hydrogens is 260 g/mol. The molecular formula is C15H13ClN2O. The number of para-hydroxylation sites is 1. The fourth-order valence-electron chi connectivity index (χ4n) is 1.72. The minimum Gasteiger partial charge on any atom is -0.456 e. The van der Waals surface area contributed by atoms with E-state index in [-0.39, 0.29) is 6.04 Å². The van der Waals surface area contributed by atoms with Crippen LogP contribution in [0.4, 0.5) is 0 Å². The van der Waals surface area contributed by atoms with Crippen LogP contribution in [0.25, 0.3) is 0 Å². The lowest BCUT2D eigenvalue weighted by molar-refractivity contribution is 0.481. The van der Waals surface area contributed by atoms with E-state index in [1.807, 2.05) is 19.1 Å². The Kier molecular flexibility index (Phi) is 4.06. The monoisotopic (exact) mass is 272 g/mol. The van der Waals surface area contributed by atoms with Crippen molar-refractivity contribution in [2.75, 3.05) is 0 Å². The highest BCUT2D eigenvalue weighted by Gasteiger charge is 2.08. The molecule has 1 unspecified atom stereocenters. The minimum absolute atomic E-state index is 0.132. The second-order valence-electron chi connectivity index (χ2n) is 4.18. The number of rotatable bonds is 3. The molecule has 0 bridgehead atoms.